The highest BCUT2D eigenvalue weighted by Crippen LogP contribution is 2.62. The summed E-state index contributed by atoms with van der Waals surface area (Å²) in [6, 6.07) is 2.76. The number of aromatic hydroxyl groups is 1. The number of phenolic OH excluding ortho intramolecular Hbond substituents is 1. The molecular weight excluding hydrogens is 614 g/mol. The van der Waals surface area contributed by atoms with E-state index >= 15 is 0 Å². The van der Waals surface area contributed by atoms with Crippen molar-refractivity contribution in [2.45, 2.75) is 88.4 Å². The molecule has 0 saturated heterocycles. The number of aliphatic hydroxyl groups is 1. The third kappa shape index (κ3) is 5.85. The molecule has 2 aliphatic carbocycles. The van der Waals surface area contributed by atoms with Crippen molar-refractivity contribution in [3.05, 3.63) is 35.1 Å². The topological polar surface area (TPSA) is 233 Å². The summed E-state index contributed by atoms with van der Waals surface area (Å²) in [5.74, 6) is -9.28. The Hall–Kier alpha value is -4.70. The summed E-state index contributed by atoms with van der Waals surface area (Å²) in [6.07, 6.45) is -7.62. The number of carbonyl (C=O) groups excluding carboxylic acids is 4. The number of hydrogen-bond donors (Lipinski definition) is 4. The number of hydrogen-bond acceptors (Lipinski definition) is 14. The van der Waals surface area contributed by atoms with Gasteiger partial charge in [0.05, 0.1) is 17.4 Å². The molecule has 3 aliphatic rings. The summed E-state index contributed by atoms with van der Waals surface area (Å²) in [4.78, 5) is 75.1. The Morgan fingerprint density at radius 2 is 1.63 bits per heavy atom. The molecule has 0 bridgehead atoms. The van der Waals surface area contributed by atoms with Crippen molar-refractivity contribution < 1.29 is 72.9 Å². The van der Waals surface area contributed by atoms with E-state index in [4.69, 9.17) is 28.8 Å². The summed E-state index contributed by atoms with van der Waals surface area (Å²) in [5, 5.41) is 41.3. The van der Waals surface area contributed by atoms with Crippen LogP contribution in [0.5, 0.6) is 11.5 Å². The van der Waals surface area contributed by atoms with Gasteiger partial charge in [0.2, 0.25) is 18.3 Å². The van der Waals surface area contributed by atoms with Gasteiger partial charge in [-0.15, -0.1) is 0 Å². The molecule has 4 rings (SSSR count). The summed E-state index contributed by atoms with van der Waals surface area (Å²) < 4.78 is 26.4. The van der Waals surface area contributed by atoms with Crippen LogP contribution < -0.4 is 4.74 Å². The molecule has 1 aromatic rings. The molecule has 0 amide bonds. The first-order valence-corrected chi connectivity index (χ1v) is 14.3. The quantitative estimate of drug-likeness (QED) is 0.175. The monoisotopic (exact) mass is 649 g/mol. The minimum atomic E-state index is -2.41. The van der Waals surface area contributed by atoms with Crippen molar-refractivity contribution in [2.75, 3.05) is 13.6 Å². The second kappa shape index (κ2) is 12.6. The smallest absolute Gasteiger partial charge is 0.357 e. The first kappa shape index (κ1) is 34.2. The summed E-state index contributed by atoms with van der Waals surface area (Å²) in [6.45, 7) is 5.94. The van der Waals surface area contributed by atoms with Crippen LogP contribution in [0.15, 0.2) is 24.0 Å². The lowest BCUT2D eigenvalue weighted by Gasteiger charge is -2.56. The molecule has 0 unspecified atom stereocenters. The number of carboxylic acids is 2. The predicted octanol–water partition coefficient (Wildman–Crippen LogP) is 0.184. The number of likely N-dealkylation sites (N-methyl/N-ethyl adjacent to an activating group) is 1. The third-order valence-electron chi connectivity index (χ3n) is 8.71. The van der Waals surface area contributed by atoms with Crippen molar-refractivity contribution in [2.24, 2.45) is 0 Å². The van der Waals surface area contributed by atoms with Crippen LogP contribution in [0, 0.1) is 0 Å². The fourth-order valence-corrected chi connectivity index (χ4v) is 6.44. The zero-order valence-electron chi connectivity index (χ0n) is 25.7. The maximum atomic E-state index is 13.6. The average molecular weight is 650 g/mol. The van der Waals surface area contributed by atoms with E-state index < -0.39 is 83.7 Å². The van der Waals surface area contributed by atoms with Crippen molar-refractivity contribution in [3.8, 4) is 11.5 Å². The molecule has 0 aromatic heterocycles. The highest BCUT2D eigenvalue weighted by Gasteiger charge is 2.68. The van der Waals surface area contributed by atoms with Gasteiger partial charge in [-0.1, -0.05) is 13.0 Å². The second-order valence-corrected chi connectivity index (χ2v) is 11.5. The second-order valence-electron chi connectivity index (χ2n) is 11.5. The van der Waals surface area contributed by atoms with E-state index in [1.165, 1.54) is 12.1 Å². The Bertz CT molecular complexity index is 1500. The molecule has 4 N–H and O–H groups in total. The normalized spacial score (nSPS) is 25.9. The Kier molecular flexibility index (Phi) is 9.36. The summed E-state index contributed by atoms with van der Waals surface area (Å²) in [7, 11) is 1.85. The van der Waals surface area contributed by atoms with E-state index in [0.29, 0.717) is 18.5 Å². The molecular formula is C30H35NO15. The summed E-state index contributed by atoms with van der Waals surface area (Å²) >= 11 is 0. The van der Waals surface area contributed by atoms with Gasteiger partial charge in [0.25, 0.3) is 0 Å². The lowest BCUT2D eigenvalue weighted by molar-refractivity contribution is -0.194. The number of benzene rings is 1. The molecule has 16 heteroatoms. The molecule has 0 fully saturated rings. The molecule has 250 valence electrons. The number of aliphatic carboxylic acids is 2. The van der Waals surface area contributed by atoms with Crippen LogP contribution in [0.2, 0.25) is 0 Å². The molecule has 1 aliphatic heterocycles. The predicted molar refractivity (Wildman–Crippen MR) is 150 cm³/mol. The zero-order chi connectivity index (χ0) is 34.3. The number of carboxylic acid groups (broad SMARTS) is 2. The highest BCUT2D eigenvalue weighted by atomic mass is 16.6. The van der Waals surface area contributed by atoms with E-state index in [-0.39, 0.29) is 23.7 Å². The van der Waals surface area contributed by atoms with Crippen LogP contribution in [0.1, 0.15) is 51.7 Å². The number of ether oxygens (including phenoxy) is 5. The molecule has 1 aromatic carbocycles. The van der Waals surface area contributed by atoms with Crippen LogP contribution in [-0.4, -0.2) is 111 Å². The minimum Gasteiger partial charge on any atom is -0.504 e. The zero-order valence-corrected chi connectivity index (χ0v) is 25.7. The SMILES string of the molecule is CCN(C)[C@@H]1Cc2ccc(O)c3c2[C@@]2(C)[C@@H](O3)C(OC(=O)[C@H](OC(C)=O)[C@@H](OC(C)=O)C(=O)O[C@@H](CC(=O)O)C(=O)O)=CC[C@@]12O. The van der Waals surface area contributed by atoms with Gasteiger partial charge in [0.15, 0.2) is 17.6 Å². The van der Waals surface area contributed by atoms with Crippen LogP contribution in [0.25, 0.3) is 0 Å². The third-order valence-corrected chi connectivity index (χ3v) is 8.71. The summed E-state index contributed by atoms with van der Waals surface area (Å²) in [5.41, 5.74) is -1.45. The molecule has 0 radical (unpaired) electrons. The fourth-order valence-electron chi connectivity index (χ4n) is 6.44. The van der Waals surface area contributed by atoms with E-state index in [1.54, 1.807) is 13.0 Å². The van der Waals surface area contributed by atoms with Crippen molar-refractivity contribution in [1.82, 2.24) is 4.90 Å². The Morgan fingerprint density at radius 1 is 1.02 bits per heavy atom. The Morgan fingerprint density at radius 3 is 2.17 bits per heavy atom. The molecule has 46 heavy (non-hydrogen) atoms. The lowest BCUT2D eigenvalue weighted by atomic mass is 9.54. The van der Waals surface area contributed by atoms with Crippen molar-refractivity contribution in [3.63, 3.8) is 0 Å². The first-order chi connectivity index (χ1) is 21.5. The Labute approximate surface area is 262 Å². The van der Waals surface area contributed by atoms with Crippen LogP contribution in [-0.2, 0) is 59.6 Å². The number of nitrogens with zero attached hydrogens (tertiary/aromatic N) is 1. The Balaban J connectivity index is 1.72. The van der Waals surface area contributed by atoms with Crippen LogP contribution >= 0.6 is 0 Å². The fraction of sp³-hybridized carbons (Fsp3) is 0.533. The van der Waals surface area contributed by atoms with Crippen molar-refractivity contribution >= 4 is 35.8 Å². The van der Waals surface area contributed by atoms with E-state index in [0.717, 1.165) is 19.4 Å². The van der Waals surface area contributed by atoms with E-state index in [9.17, 15) is 44.1 Å². The van der Waals surface area contributed by atoms with Gasteiger partial charge in [-0.2, -0.15) is 0 Å². The first-order valence-electron chi connectivity index (χ1n) is 14.3. The molecule has 1 heterocycles. The van der Waals surface area contributed by atoms with Gasteiger partial charge < -0.3 is 49.0 Å². The van der Waals surface area contributed by atoms with Gasteiger partial charge in [-0.05, 0) is 44.6 Å². The van der Waals surface area contributed by atoms with Gasteiger partial charge >= 0.3 is 35.8 Å². The van der Waals surface area contributed by atoms with Gasteiger partial charge in [0.1, 0.15) is 5.76 Å². The molecule has 7 atom stereocenters. The van der Waals surface area contributed by atoms with Crippen molar-refractivity contribution in [1.29, 1.82) is 0 Å². The van der Waals surface area contributed by atoms with Crippen LogP contribution in [0.3, 0.4) is 0 Å². The maximum absolute atomic E-state index is 13.6. The highest BCUT2D eigenvalue weighted by molar-refractivity contribution is 5.91. The van der Waals surface area contributed by atoms with Gasteiger partial charge in [-0.25, -0.2) is 14.4 Å². The number of phenols is 1. The molecule has 16 nitrogen and oxygen atoms in total. The van der Waals surface area contributed by atoms with E-state index in [2.05, 4.69) is 0 Å². The van der Waals surface area contributed by atoms with E-state index in [1.807, 2.05) is 18.9 Å². The average Bonchev–Trinajstić information content (AvgIpc) is 3.30. The lowest BCUT2D eigenvalue weighted by Crippen LogP contribution is -2.69. The maximum Gasteiger partial charge on any atom is 0.357 e. The van der Waals surface area contributed by atoms with Crippen LogP contribution in [0.4, 0.5) is 0 Å². The number of esters is 4. The van der Waals surface area contributed by atoms with Gasteiger partial charge in [-0.3, -0.25) is 14.4 Å². The molecule has 0 saturated carbocycles. The molecule has 0 spiro atoms. The minimum absolute atomic E-state index is 0.0569. The largest absolute Gasteiger partial charge is 0.504 e. The van der Waals surface area contributed by atoms with Gasteiger partial charge in [0, 0.05) is 31.9 Å². The number of rotatable bonds is 12. The number of carbonyl (C=O) groups is 6. The standard InChI is InChI=1S/C30H35NO15/c1-6-31(5)19-11-15-7-8-16(34)22-21(15)29(4)25(46-22)17(9-10-30(19,29)41)44-27(39)23(42-13(2)32)24(43-14(3)33)28(40)45-18(26(37)38)12-20(35)36/h7-9,18-19,23-25,34,41H,6,10-12H2,1-5H3,(H,35,36)(H,37,38)/t18-,19+,23+,24+,25-,29-,30+/m0/s1.